The van der Waals surface area contributed by atoms with E-state index in [0.717, 1.165) is 6.54 Å². The average Bonchev–Trinajstić information content (AvgIpc) is 2.82. The van der Waals surface area contributed by atoms with Crippen molar-refractivity contribution >= 4 is 9.84 Å². The van der Waals surface area contributed by atoms with Gasteiger partial charge in [0.15, 0.2) is 9.84 Å². The molecule has 0 saturated carbocycles. The summed E-state index contributed by atoms with van der Waals surface area (Å²) in [5, 5.41) is 18.1. The van der Waals surface area contributed by atoms with Crippen LogP contribution in [0.25, 0.3) is 0 Å². The molecule has 1 aliphatic rings. The van der Waals surface area contributed by atoms with Crippen molar-refractivity contribution in [2.45, 2.75) is 17.4 Å². The highest BCUT2D eigenvalue weighted by molar-refractivity contribution is 7.91. The SMILES string of the molecule is N#Cc1ccc(S(=O)(=O)CCN2CCC(O)C2)cc1. The lowest BCUT2D eigenvalue weighted by atomic mass is 10.2. The molecule has 5 nitrogen and oxygen atoms in total. The molecule has 6 heteroatoms. The molecule has 0 amide bonds. The van der Waals surface area contributed by atoms with Crippen LogP contribution in [0.3, 0.4) is 0 Å². The van der Waals surface area contributed by atoms with Crippen LogP contribution in [0.2, 0.25) is 0 Å². The van der Waals surface area contributed by atoms with Gasteiger partial charge in [0.25, 0.3) is 0 Å². The van der Waals surface area contributed by atoms with Crippen molar-refractivity contribution in [1.29, 1.82) is 5.26 Å². The van der Waals surface area contributed by atoms with Gasteiger partial charge < -0.3 is 5.11 Å². The van der Waals surface area contributed by atoms with Crippen LogP contribution in [0.1, 0.15) is 12.0 Å². The van der Waals surface area contributed by atoms with Crippen molar-refractivity contribution in [1.82, 2.24) is 4.90 Å². The Labute approximate surface area is 113 Å². The second kappa shape index (κ2) is 5.70. The zero-order chi connectivity index (χ0) is 13.9. The third kappa shape index (κ3) is 3.53. The Hall–Kier alpha value is -1.42. The monoisotopic (exact) mass is 280 g/mol. The average molecular weight is 280 g/mol. The largest absolute Gasteiger partial charge is 0.392 e. The molecule has 1 unspecified atom stereocenters. The summed E-state index contributed by atoms with van der Waals surface area (Å²) in [7, 11) is -3.32. The molecular formula is C13H16N2O3S. The fourth-order valence-electron chi connectivity index (χ4n) is 2.12. The smallest absolute Gasteiger partial charge is 0.179 e. The number of nitrogens with zero attached hydrogens (tertiary/aromatic N) is 2. The van der Waals surface area contributed by atoms with Crippen molar-refractivity contribution in [2.75, 3.05) is 25.4 Å². The molecule has 0 aliphatic carbocycles. The van der Waals surface area contributed by atoms with E-state index in [0.29, 0.717) is 25.1 Å². The molecule has 1 saturated heterocycles. The number of hydrogen-bond acceptors (Lipinski definition) is 5. The molecule has 1 atom stereocenters. The van der Waals surface area contributed by atoms with Crippen LogP contribution in [0, 0.1) is 11.3 Å². The molecule has 1 aliphatic heterocycles. The molecule has 1 fully saturated rings. The second-order valence-corrected chi connectivity index (χ2v) is 6.81. The van der Waals surface area contributed by atoms with Crippen LogP contribution in [0.5, 0.6) is 0 Å². The Balaban J connectivity index is 1.99. The van der Waals surface area contributed by atoms with Gasteiger partial charge in [-0.1, -0.05) is 0 Å². The van der Waals surface area contributed by atoms with Crippen molar-refractivity contribution in [2.24, 2.45) is 0 Å². The summed E-state index contributed by atoms with van der Waals surface area (Å²) in [4.78, 5) is 2.19. The molecule has 0 aromatic heterocycles. The van der Waals surface area contributed by atoms with Crippen LogP contribution in [-0.2, 0) is 9.84 Å². The predicted octanol–water partition coefficient (Wildman–Crippen LogP) is 0.399. The number of aliphatic hydroxyl groups excluding tert-OH is 1. The lowest BCUT2D eigenvalue weighted by Gasteiger charge is -2.14. The normalized spacial score (nSPS) is 20.3. The van der Waals surface area contributed by atoms with E-state index in [2.05, 4.69) is 0 Å². The highest BCUT2D eigenvalue weighted by atomic mass is 32.2. The molecular weight excluding hydrogens is 264 g/mol. The molecule has 0 radical (unpaired) electrons. The predicted molar refractivity (Wildman–Crippen MR) is 70.3 cm³/mol. The molecule has 1 aromatic rings. The van der Waals surface area contributed by atoms with Gasteiger partial charge in [0.2, 0.25) is 0 Å². The van der Waals surface area contributed by atoms with Crippen molar-refractivity contribution in [3.63, 3.8) is 0 Å². The van der Waals surface area contributed by atoms with Crippen LogP contribution >= 0.6 is 0 Å². The van der Waals surface area contributed by atoms with Crippen molar-refractivity contribution in [3.05, 3.63) is 29.8 Å². The fraction of sp³-hybridized carbons (Fsp3) is 0.462. The summed E-state index contributed by atoms with van der Waals surface area (Å²) in [6.45, 7) is 1.71. The highest BCUT2D eigenvalue weighted by Crippen LogP contribution is 2.14. The molecule has 0 spiro atoms. The van der Waals surface area contributed by atoms with E-state index in [1.54, 1.807) is 0 Å². The third-order valence-corrected chi connectivity index (χ3v) is 4.98. The number of likely N-dealkylation sites (tertiary alicyclic amines) is 1. The number of rotatable bonds is 4. The van der Waals surface area contributed by atoms with Gasteiger partial charge in [-0.05, 0) is 30.7 Å². The Kier molecular flexibility index (Phi) is 4.20. The molecule has 1 heterocycles. The maximum atomic E-state index is 12.1. The van der Waals surface area contributed by atoms with Crippen molar-refractivity contribution in [3.8, 4) is 6.07 Å². The van der Waals surface area contributed by atoms with E-state index in [-0.39, 0.29) is 16.8 Å². The van der Waals surface area contributed by atoms with Gasteiger partial charge in [-0.3, -0.25) is 4.90 Å². The molecule has 2 rings (SSSR count). The number of nitriles is 1. The Morgan fingerprint density at radius 3 is 2.58 bits per heavy atom. The minimum Gasteiger partial charge on any atom is -0.392 e. The van der Waals surface area contributed by atoms with Gasteiger partial charge >= 0.3 is 0 Å². The number of sulfone groups is 1. The van der Waals surface area contributed by atoms with Crippen LogP contribution in [0.4, 0.5) is 0 Å². The molecule has 102 valence electrons. The first-order valence-electron chi connectivity index (χ1n) is 6.14. The fourth-order valence-corrected chi connectivity index (χ4v) is 3.40. The highest BCUT2D eigenvalue weighted by Gasteiger charge is 2.22. The van der Waals surface area contributed by atoms with E-state index in [1.807, 2.05) is 11.0 Å². The number of aliphatic hydroxyl groups is 1. The van der Waals surface area contributed by atoms with E-state index in [1.165, 1.54) is 24.3 Å². The third-order valence-electron chi connectivity index (χ3n) is 3.27. The number of benzene rings is 1. The van der Waals surface area contributed by atoms with Gasteiger partial charge in [-0.2, -0.15) is 5.26 Å². The standard InChI is InChI=1S/C13H16N2O3S/c14-9-11-1-3-13(4-2-11)19(17,18)8-7-15-6-5-12(16)10-15/h1-4,12,16H,5-8,10H2. The lowest BCUT2D eigenvalue weighted by Crippen LogP contribution is -2.28. The number of β-amino-alcohol motifs (C(OH)–C–C–N with tert-alkyl or cyclic N) is 1. The van der Waals surface area contributed by atoms with Gasteiger partial charge in [-0.15, -0.1) is 0 Å². The summed E-state index contributed by atoms with van der Waals surface area (Å²) in [6.07, 6.45) is 0.370. The Morgan fingerprint density at radius 2 is 2.05 bits per heavy atom. The van der Waals surface area contributed by atoms with Crippen LogP contribution in [-0.4, -0.2) is 49.9 Å². The molecule has 19 heavy (non-hydrogen) atoms. The van der Waals surface area contributed by atoms with Crippen LogP contribution < -0.4 is 0 Å². The van der Waals surface area contributed by atoms with Gasteiger partial charge in [-0.25, -0.2) is 8.42 Å². The quantitative estimate of drug-likeness (QED) is 0.863. The van der Waals surface area contributed by atoms with Gasteiger partial charge in [0.1, 0.15) is 0 Å². The first-order valence-corrected chi connectivity index (χ1v) is 7.80. The summed E-state index contributed by atoms with van der Waals surface area (Å²) in [6, 6.07) is 7.90. The van der Waals surface area contributed by atoms with E-state index in [9.17, 15) is 13.5 Å². The zero-order valence-corrected chi connectivity index (χ0v) is 11.3. The van der Waals surface area contributed by atoms with Crippen LogP contribution in [0.15, 0.2) is 29.2 Å². The summed E-state index contributed by atoms with van der Waals surface area (Å²) < 4.78 is 24.2. The van der Waals surface area contributed by atoms with E-state index >= 15 is 0 Å². The maximum absolute atomic E-state index is 12.1. The molecule has 1 aromatic carbocycles. The first kappa shape index (κ1) is 14.0. The minimum atomic E-state index is -3.32. The van der Waals surface area contributed by atoms with E-state index in [4.69, 9.17) is 5.26 Å². The zero-order valence-electron chi connectivity index (χ0n) is 10.5. The van der Waals surface area contributed by atoms with Gasteiger partial charge in [0.05, 0.1) is 28.4 Å². The summed E-state index contributed by atoms with van der Waals surface area (Å²) in [5.41, 5.74) is 0.446. The minimum absolute atomic E-state index is 0.0334. The van der Waals surface area contributed by atoms with Gasteiger partial charge in [0, 0.05) is 19.6 Å². The Morgan fingerprint density at radius 1 is 1.37 bits per heavy atom. The number of hydrogen-bond donors (Lipinski definition) is 1. The molecule has 0 bridgehead atoms. The molecule has 1 N–H and O–H groups in total. The lowest BCUT2D eigenvalue weighted by molar-refractivity contribution is 0.178. The van der Waals surface area contributed by atoms with E-state index < -0.39 is 9.84 Å². The topological polar surface area (TPSA) is 81.4 Å². The maximum Gasteiger partial charge on any atom is 0.179 e. The second-order valence-electron chi connectivity index (χ2n) is 4.70. The summed E-state index contributed by atoms with van der Waals surface area (Å²) >= 11 is 0. The van der Waals surface area contributed by atoms with Crippen molar-refractivity contribution < 1.29 is 13.5 Å². The summed E-state index contributed by atoms with van der Waals surface area (Å²) in [5.74, 6) is 0.0334. The Bertz CT molecular complexity index is 575. The first-order chi connectivity index (χ1) is 9.01.